The number of hydrogen-bond donors (Lipinski definition) is 0. The SMILES string of the molecule is O=C(N(CP(=O)(c1ccccc1)c1ccccc1)CP(=O)(c1ccccc1)c1ccccc1)N(CP(=O)(c1ccccc1)c1ccccc1)CP(=O)(c1ccccc1)c1ccccc1. The molecule has 8 rings (SSSR count). The van der Waals surface area contributed by atoms with Crippen LogP contribution in [0, 0.1) is 0 Å². The number of amides is 2. The van der Waals surface area contributed by atoms with Crippen molar-refractivity contribution in [2.75, 3.05) is 25.1 Å². The van der Waals surface area contributed by atoms with Crippen molar-refractivity contribution in [3.63, 3.8) is 0 Å². The molecule has 0 N–H and O–H groups in total. The fraction of sp³-hybridized carbons (Fsp3) is 0.0755. The first-order valence-electron chi connectivity index (χ1n) is 21.0. The summed E-state index contributed by atoms with van der Waals surface area (Å²) in [6, 6.07) is 71.8. The third-order valence-corrected chi connectivity index (χ3v) is 23.4. The number of benzene rings is 8. The quantitative estimate of drug-likeness (QED) is 0.0902. The van der Waals surface area contributed by atoms with Gasteiger partial charge in [-0.1, -0.05) is 243 Å². The summed E-state index contributed by atoms with van der Waals surface area (Å²) in [5.74, 6) is 0. The number of nitrogens with zero attached hydrogens (tertiary/aromatic N) is 2. The van der Waals surface area contributed by atoms with Gasteiger partial charge in [-0.15, -0.1) is 0 Å². The zero-order valence-corrected chi connectivity index (χ0v) is 38.7. The molecule has 0 saturated carbocycles. The molecular formula is C53H48N2O5P4. The summed E-state index contributed by atoms with van der Waals surface area (Å²) in [5.41, 5.74) is 0. The zero-order chi connectivity index (χ0) is 44.5. The molecular weight excluding hydrogens is 868 g/mol. The summed E-state index contributed by atoms with van der Waals surface area (Å²) < 4.78 is 64.6. The Hall–Kier alpha value is -6.05. The molecule has 0 spiro atoms. The van der Waals surface area contributed by atoms with E-state index in [9.17, 15) is 0 Å². The van der Waals surface area contributed by atoms with E-state index in [2.05, 4.69) is 0 Å². The number of hydrogen-bond acceptors (Lipinski definition) is 5. The van der Waals surface area contributed by atoms with Crippen molar-refractivity contribution in [1.82, 2.24) is 9.80 Å². The average molecular weight is 917 g/mol. The zero-order valence-electron chi connectivity index (χ0n) is 35.1. The highest BCUT2D eigenvalue weighted by Gasteiger charge is 2.43. The van der Waals surface area contributed by atoms with E-state index in [1.165, 1.54) is 9.80 Å². The van der Waals surface area contributed by atoms with Crippen molar-refractivity contribution in [3.8, 4) is 0 Å². The summed E-state index contributed by atoms with van der Waals surface area (Å²) in [6.45, 7) is 0. The molecule has 0 aliphatic heterocycles. The third kappa shape index (κ3) is 9.42. The lowest BCUT2D eigenvalue weighted by Crippen LogP contribution is -2.48. The van der Waals surface area contributed by atoms with Crippen molar-refractivity contribution >= 4 is 77.0 Å². The Morgan fingerprint density at radius 1 is 0.250 bits per heavy atom. The molecule has 0 heterocycles. The van der Waals surface area contributed by atoms with Gasteiger partial charge >= 0.3 is 6.03 Å². The molecule has 8 aromatic carbocycles. The molecule has 0 saturated heterocycles. The van der Waals surface area contributed by atoms with Crippen molar-refractivity contribution in [3.05, 3.63) is 243 Å². The highest BCUT2D eigenvalue weighted by molar-refractivity contribution is 7.80. The topological polar surface area (TPSA) is 91.8 Å². The highest BCUT2D eigenvalue weighted by atomic mass is 31.2. The molecule has 0 aliphatic rings. The molecule has 0 fully saturated rings. The Kier molecular flexibility index (Phi) is 13.8. The smallest absolute Gasteiger partial charge is 0.312 e. The minimum Gasteiger partial charge on any atom is -0.312 e. The predicted molar refractivity (Wildman–Crippen MR) is 268 cm³/mol. The van der Waals surface area contributed by atoms with Crippen molar-refractivity contribution in [1.29, 1.82) is 0 Å². The van der Waals surface area contributed by atoms with Gasteiger partial charge in [0.1, 0.15) is 0 Å². The molecule has 7 nitrogen and oxygen atoms in total. The van der Waals surface area contributed by atoms with Gasteiger partial charge < -0.3 is 28.1 Å². The lowest BCUT2D eigenvalue weighted by Gasteiger charge is -2.38. The van der Waals surface area contributed by atoms with Gasteiger partial charge in [-0.2, -0.15) is 0 Å². The predicted octanol–water partition coefficient (Wildman–Crippen LogP) is 9.60. The first-order chi connectivity index (χ1) is 31.1. The average Bonchev–Trinajstić information content (AvgIpc) is 3.37. The summed E-state index contributed by atoms with van der Waals surface area (Å²) in [4.78, 5) is 19.2. The van der Waals surface area contributed by atoms with Gasteiger partial charge in [0.05, 0.1) is 25.1 Å². The normalized spacial score (nSPS) is 12.0. The van der Waals surface area contributed by atoms with Crippen molar-refractivity contribution < 1.29 is 23.1 Å². The van der Waals surface area contributed by atoms with Gasteiger partial charge in [-0.05, 0) is 0 Å². The minimum atomic E-state index is -3.76. The van der Waals surface area contributed by atoms with E-state index in [1.807, 2.05) is 146 Å². The molecule has 0 aliphatic carbocycles. The summed E-state index contributed by atoms with van der Waals surface area (Å²) in [5, 5.41) is 4.10. The van der Waals surface area contributed by atoms with Crippen LogP contribution in [0.4, 0.5) is 4.79 Å². The van der Waals surface area contributed by atoms with Gasteiger partial charge in [-0.3, -0.25) is 0 Å². The van der Waals surface area contributed by atoms with E-state index < -0.39 is 34.6 Å². The van der Waals surface area contributed by atoms with E-state index in [1.54, 1.807) is 97.1 Å². The number of urea groups is 1. The molecule has 2 amide bonds. The van der Waals surface area contributed by atoms with Crippen LogP contribution in [0.3, 0.4) is 0 Å². The van der Waals surface area contributed by atoms with Crippen molar-refractivity contribution in [2.45, 2.75) is 0 Å². The second-order valence-corrected chi connectivity index (χ2v) is 26.8. The van der Waals surface area contributed by atoms with E-state index in [0.717, 1.165) is 0 Å². The summed E-state index contributed by atoms with van der Waals surface area (Å²) in [7, 11) is -15.0. The first kappa shape index (κ1) is 44.6. The van der Waals surface area contributed by atoms with Crippen LogP contribution in [-0.4, -0.2) is 41.0 Å². The Morgan fingerprint density at radius 2 is 0.375 bits per heavy atom. The van der Waals surface area contributed by atoms with Crippen LogP contribution in [0.1, 0.15) is 0 Å². The highest BCUT2D eigenvalue weighted by Crippen LogP contribution is 2.52. The molecule has 11 heteroatoms. The van der Waals surface area contributed by atoms with Crippen LogP contribution in [-0.2, 0) is 18.3 Å². The second kappa shape index (κ2) is 19.8. The van der Waals surface area contributed by atoms with Crippen LogP contribution in [0.2, 0.25) is 0 Å². The Labute approximate surface area is 375 Å². The molecule has 0 unspecified atom stereocenters. The Morgan fingerprint density at radius 3 is 0.500 bits per heavy atom. The Bertz CT molecular complexity index is 2390. The molecule has 320 valence electrons. The van der Waals surface area contributed by atoms with E-state index in [0.29, 0.717) is 42.4 Å². The largest absolute Gasteiger partial charge is 0.321 e. The van der Waals surface area contributed by atoms with Gasteiger partial charge in [-0.25, -0.2) is 4.79 Å². The standard InChI is InChI=1S/C53H48N2O5P4/c56-53(54(41-61(57,45-25-9-1-10-26-45)46-27-11-2-12-28-46)42-62(58,47-29-13-3-14-30-47)48-31-15-4-16-32-48)55(43-63(59,49-33-17-5-18-34-49)50-35-19-6-20-36-50)44-64(60,51-37-21-7-22-38-51)52-39-23-8-24-40-52/h1-40H,41-44H2. The summed E-state index contributed by atoms with van der Waals surface area (Å²) in [6.07, 6.45) is -1.44. The van der Waals surface area contributed by atoms with Crippen LogP contribution < -0.4 is 42.4 Å². The van der Waals surface area contributed by atoms with Crippen LogP contribution in [0.5, 0.6) is 0 Å². The van der Waals surface area contributed by atoms with Gasteiger partial charge in [0.2, 0.25) is 0 Å². The lowest BCUT2D eigenvalue weighted by molar-refractivity contribution is 0.180. The molecule has 0 atom stereocenters. The van der Waals surface area contributed by atoms with E-state index in [-0.39, 0.29) is 25.1 Å². The fourth-order valence-electron chi connectivity index (χ4n) is 8.09. The second-order valence-electron chi connectivity index (χ2n) is 15.6. The maximum Gasteiger partial charge on any atom is 0.321 e. The van der Waals surface area contributed by atoms with Crippen molar-refractivity contribution in [2.24, 2.45) is 0 Å². The first-order valence-corrected chi connectivity index (χ1v) is 28.6. The van der Waals surface area contributed by atoms with Gasteiger partial charge in [0, 0.05) is 42.4 Å². The summed E-state index contributed by atoms with van der Waals surface area (Å²) >= 11 is 0. The molecule has 0 radical (unpaired) electrons. The Balaban J connectivity index is 1.37. The van der Waals surface area contributed by atoms with Crippen LogP contribution in [0.25, 0.3) is 0 Å². The molecule has 0 aromatic heterocycles. The van der Waals surface area contributed by atoms with E-state index >= 15 is 23.1 Å². The molecule has 64 heavy (non-hydrogen) atoms. The molecule has 0 bridgehead atoms. The maximum absolute atomic E-state index is 16.4. The monoisotopic (exact) mass is 916 g/mol. The number of carbonyl (C=O) groups excluding carboxylic acids is 1. The van der Waals surface area contributed by atoms with E-state index in [4.69, 9.17) is 0 Å². The number of rotatable bonds is 16. The maximum atomic E-state index is 16.4. The van der Waals surface area contributed by atoms with Gasteiger partial charge in [0.25, 0.3) is 0 Å². The van der Waals surface area contributed by atoms with Crippen LogP contribution in [0.15, 0.2) is 243 Å². The minimum absolute atomic E-state index is 0.359. The molecule has 8 aromatic rings. The lowest BCUT2D eigenvalue weighted by atomic mass is 10.4. The van der Waals surface area contributed by atoms with Gasteiger partial charge in [0.15, 0.2) is 28.6 Å². The fourth-order valence-corrected chi connectivity index (χ4v) is 18.9. The van der Waals surface area contributed by atoms with Crippen LogP contribution >= 0.6 is 28.6 Å². The third-order valence-electron chi connectivity index (χ3n) is 11.4. The number of carbonyl (C=O) groups is 1.